The number of methoxy groups -OCH3 is 2. The van der Waals surface area contributed by atoms with E-state index < -0.39 is 11.7 Å². The van der Waals surface area contributed by atoms with Gasteiger partial charge in [0.1, 0.15) is 17.3 Å². The van der Waals surface area contributed by atoms with Crippen LogP contribution in [0.4, 0.5) is 13.2 Å². The molecule has 0 radical (unpaired) electrons. The number of hydrogen-bond donors (Lipinski definition) is 1. The summed E-state index contributed by atoms with van der Waals surface area (Å²) in [5.41, 5.74) is 3.20. The average Bonchev–Trinajstić information content (AvgIpc) is 2.93. The molecule has 1 aliphatic rings. The van der Waals surface area contributed by atoms with Crippen LogP contribution < -0.4 is 15.0 Å². The maximum atomic E-state index is 12.9. The van der Waals surface area contributed by atoms with Gasteiger partial charge in [0.15, 0.2) is 0 Å². The van der Waals surface area contributed by atoms with E-state index in [0.717, 1.165) is 29.0 Å². The van der Waals surface area contributed by atoms with Crippen LogP contribution in [0.15, 0.2) is 65.6 Å². The molecule has 2 aromatic carbocycles. The summed E-state index contributed by atoms with van der Waals surface area (Å²) in [4.78, 5) is 26.9. The number of nitrogens with one attached hydrogen (secondary N) is 1. The number of halogens is 3. The lowest BCUT2D eigenvalue weighted by atomic mass is 10.0. The number of aromatic amines is 1. The molecular formula is C28H25F3N4O3. The van der Waals surface area contributed by atoms with Gasteiger partial charge < -0.3 is 14.5 Å². The summed E-state index contributed by atoms with van der Waals surface area (Å²) in [5.74, 6) is 1.67. The highest BCUT2D eigenvalue weighted by atomic mass is 19.4. The Kier molecular flexibility index (Phi) is 6.90. The Bertz CT molecular complexity index is 1500. The fourth-order valence-electron chi connectivity index (χ4n) is 4.52. The second kappa shape index (κ2) is 10.3. The zero-order valence-corrected chi connectivity index (χ0v) is 20.8. The van der Waals surface area contributed by atoms with Crippen LogP contribution >= 0.6 is 0 Å². The third-order valence-electron chi connectivity index (χ3n) is 6.55. The number of nitrogens with zero attached hydrogens (tertiary/aromatic N) is 3. The molecule has 1 aliphatic heterocycles. The molecule has 0 unspecified atom stereocenters. The van der Waals surface area contributed by atoms with Crippen molar-refractivity contribution in [2.75, 3.05) is 20.8 Å². The standard InChI is InChI=1S/C28H25F3N4O3/c1-37-20-8-10-25(38-2)21(13-20)23-9-3-17(14-32-23)15-35-12-11-24-22(16-35)27(36)34-26(33-24)18-4-6-19(7-5-18)28(29,30)31/h3-10,13-14H,11-12,15-16H2,1-2H3,(H,33,34,36). The first kappa shape index (κ1) is 25.5. The molecule has 2 aromatic heterocycles. The Labute approximate surface area is 216 Å². The van der Waals surface area contributed by atoms with Gasteiger partial charge in [0.25, 0.3) is 5.56 Å². The molecule has 0 fully saturated rings. The van der Waals surface area contributed by atoms with Crippen LogP contribution in [0.25, 0.3) is 22.6 Å². The molecule has 38 heavy (non-hydrogen) atoms. The van der Waals surface area contributed by atoms with Gasteiger partial charge in [-0.25, -0.2) is 4.98 Å². The summed E-state index contributed by atoms with van der Waals surface area (Å²) < 4.78 is 49.4. The molecule has 0 saturated heterocycles. The minimum absolute atomic E-state index is 0.267. The second-order valence-corrected chi connectivity index (χ2v) is 8.99. The molecule has 0 aliphatic carbocycles. The van der Waals surface area contributed by atoms with E-state index >= 15 is 0 Å². The van der Waals surface area contributed by atoms with Gasteiger partial charge in [-0.3, -0.25) is 14.7 Å². The fourth-order valence-corrected chi connectivity index (χ4v) is 4.52. The molecule has 4 aromatic rings. The van der Waals surface area contributed by atoms with E-state index in [0.29, 0.717) is 54.4 Å². The summed E-state index contributed by atoms with van der Waals surface area (Å²) in [5, 5.41) is 0. The van der Waals surface area contributed by atoms with E-state index in [1.54, 1.807) is 20.4 Å². The van der Waals surface area contributed by atoms with Gasteiger partial charge in [-0.05, 0) is 42.0 Å². The zero-order chi connectivity index (χ0) is 26.9. The quantitative estimate of drug-likeness (QED) is 0.380. The van der Waals surface area contributed by atoms with E-state index in [2.05, 4.69) is 19.9 Å². The normalized spacial score (nSPS) is 13.7. The Morgan fingerprint density at radius 1 is 1.03 bits per heavy atom. The van der Waals surface area contributed by atoms with Crippen LogP contribution in [-0.2, 0) is 25.7 Å². The van der Waals surface area contributed by atoms with Crippen molar-refractivity contribution in [3.63, 3.8) is 0 Å². The van der Waals surface area contributed by atoms with E-state index in [1.165, 1.54) is 12.1 Å². The monoisotopic (exact) mass is 522 g/mol. The minimum Gasteiger partial charge on any atom is -0.497 e. The Morgan fingerprint density at radius 2 is 1.82 bits per heavy atom. The Hall–Kier alpha value is -4.18. The number of rotatable bonds is 6. The molecule has 5 rings (SSSR count). The van der Waals surface area contributed by atoms with Crippen LogP contribution in [0.5, 0.6) is 11.5 Å². The molecule has 7 nitrogen and oxygen atoms in total. The first-order valence-corrected chi connectivity index (χ1v) is 11.9. The predicted octanol–water partition coefficient (Wildman–Crippen LogP) is 5.09. The summed E-state index contributed by atoms with van der Waals surface area (Å²) in [6.45, 7) is 1.69. The topological polar surface area (TPSA) is 80.3 Å². The van der Waals surface area contributed by atoms with Crippen molar-refractivity contribution < 1.29 is 22.6 Å². The third kappa shape index (κ3) is 5.26. The molecule has 196 valence electrons. The van der Waals surface area contributed by atoms with Crippen LogP contribution in [-0.4, -0.2) is 40.6 Å². The van der Waals surface area contributed by atoms with Gasteiger partial charge in [-0.1, -0.05) is 18.2 Å². The number of alkyl halides is 3. The number of fused-ring (bicyclic) bond motifs is 1. The van der Waals surface area contributed by atoms with Gasteiger partial charge >= 0.3 is 6.18 Å². The van der Waals surface area contributed by atoms with Gasteiger partial charge in [0, 0.05) is 43.4 Å². The summed E-state index contributed by atoms with van der Waals surface area (Å²) in [6.07, 6.45) is -2.06. The van der Waals surface area contributed by atoms with Crippen molar-refractivity contribution in [3.8, 4) is 34.1 Å². The SMILES string of the molecule is COc1ccc(OC)c(-c2ccc(CN3CCc4nc(-c5ccc(C(F)(F)F)cc5)[nH]c(=O)c4C3)cn2)c1. The highest BCUT2D eigenvalue weighted by molar-refractivity contribution is 5.69. The lowest BCUT2D eigenvalue weighted by Crippen LogP contribution is -2.35. The maximum Gasteiger partial charge on any atom is 0.416 e. The van der Waals surface area contributed by atoms with Crippen molar-refractivity contribution in [3.05, 3.63) is 93.5 Å². The predicted molar refractivity (Wildman–Crippen MR) is 136 cm³/mol. The molecule has 0 amide bonds. The van der Waals surface area contributed by atoms with E-state index in [4.69, 9.17) is 9.47 Å². The number of benzene rings is 2. The Morgan fingerprint density at radius 3 is 2.47 bits per heavy atom. The molecule has 0 bridgehead atoms. The summed E-state index contributed by atoms with van der Waals surface area (Å²) >= 11 is 0. The van der Waals surface area contributed by atoms with Crippen LogP contribution in [0.3, 0.4) is 0 Å². The van der Waals surface area contributed by atoms with E-state index in [-0.39, 0.29) is 11.4 Å². The molecule has 3 heterocycles. The number of H-pyrrole nitrogens is 1. The first-order valence-electron chi connectivity index (χ1n) is 11.9. The van der Waals surface area contributed by atoms with Crippen molar-refractivity contribution in [2.45, 2.75) is 25.7 Å². The molecule has 0 atom stereocenters. The number of ether oxygens (including phenoxy) is 2. The fraction of sp³-hybridized carbons (Fsp3) is 0.250. The van der Waals surface area contributed by atoms with Gasteiger partial charge in [-0.15, -0.1) is 0 Å². The number of hydrogen-bond acceptors (Lipinski definition) is 6. The number of pyridine rings is 1. The lowest BCUT2D eigenvalue weighted by molar-refractivity contribution is -0.137. The van der Waals surface area contributed by atoms with E-state index in [1.807, 2.05) is 30.3 Å². The van der Waals surface area contributed by atoms with Gasteiger partial charge in [0.2, 0.25) is 0 Å². The Balaban J connectivity index is 1.30. The van der Waals surface area contributed by atoms with Crippen LogP contribution in [0, 0.1) is 0 Å². The lowest BCUT2D eigenvalue weighted by Gasteiger charge is -2.27. The van der Waals surface area contributed by atoms with Crippen molar-refractivity contribution in [1.29, 1.82) is 0 Å². The zero-order valence-electron chi connectivity index (χ0n) is 20.8. The minimum atomic E-state index is -4.42. The highest BCUT2D eigenvalue weighted by Crippen LogP contribution is 2.33. The van der Waals surface area contributed by atoms with Crippen molar-refractivity contribution in [1.82, 2.24) is 19.9 Å². The smallest absolute Gasteiger partial charge is 0.416 e. The second-order valence-electron chi connectivity index (χ2n) is 8.99. The van der Waals surface area contributed by atoms with Gasteiger partial charge in [0.05, 0.1) is 36.7 Å². The highest BCUT2D eigenvalue weighted by Gasteiger charge is 2.30. The van der Waals surface area contributed by atoms with Crippen LogP contribution in [0.1, 0.15) is 22.4 Å². The molecular weight excluding hydrogens is 497 g/mol. The van der Waals surface area contributed by atoms with Crippen molar-refractivity contribution in [2.24, 2.45) is 0 Å². The molecule has 0 saturated carbocycles. The van der Waals surface area contributed by atoms with Gasteiger partial charge in [-0.2, -0.15) is 13.2 Å². The summed E-state index contributed by atoms with van der Waals surface area (Å²) in [6, 6.07) is 14.1. The first-order chi connectivity index (χ1) is 18.2. The molecule has 10 heteroatoms. The maximum absolute atomic E-state index is 12.9. The van der Waals surface area contributed by atoms with Crippen molar-refractivity contribution >= 4 is 0 Å². The summed E-state index contributed by atoms with van der Waals surface area (Å²) in [7, 11) is 3.21. The molecule has 1 N–H and O–H groups in total. The number of aromatic nitrogens is 3. The average molecular weight is 523 g/mol. The largest absolute Gasteiger partial charge is 0.497 e. The van der Waals surface area contributed by atoms with Crippen LogP contribution in [0.2, 0.25) is 0 Å². The molecule has 0 spiro atoms. The van der Waals surface area contributed by atoms with E-state index in [9.17, 15) is 18.0 Å². The third-order valence-corrected chi connectivity index (χ3v) is 6.55.